The predicted octanol–water partition coefficient (Wildman–Crippen LogP) is 3.68. The quantitative estimate of drug-likeness (QED) is 0.900. The molecule has 0 aliphatic carbocycles. The normalized spacial score (nSPS) is 12.1. The number of pyridine rings is 1. The summed E-state index contributed by atoms with van der Waals surface area (Å²) in [5.74, 6) is 1.40. The van der Waals surface area contributed by atoms with Gasteiger partial charge in [-0.2, -0.15) is 0 Å². The minimum absolute atomic E-state index is 0.00176. The van der Waals surface area contributed by atoms with E-state index in [9.17, 15) is 0 Å². The van der Waals surface area contributed by atoms with Crippen LogP contribution in [0.3, 0.4) is 0 Å². The monoisotopic (exact) mass is 339 g/mol. The van der Waals surface area contributed by atoms with Crippen LogP contribution in [0.4, 0.5) is 11.4 Å². The van der Waals surface area contributed by atoms with Gasteiger partial charge < -0.3 is 19.4 Å². The second-order valence-electron chi connectivity index (χ2n) is 4.62. The van der Waals surface area contributed by atoms with Gasteiger partial charge in [-0.3, -0.25) is 0 Å². The summed E-state index contributed by atoms with van der Waals surface area (Å²) in [7, 11) is 5.57. The van der Waals surface area contributed by atoms with Crippen LogP contribution >= 0.6 is 15.9 Å². The predicted molar refractivity (Wildman–Crippen MR) is 83.6 cm³/mol. The molecular formula is C14H18BrN3O2. The first-order valence-electron chi connectivity index (χ1n) is 6.25. The zero-order chi connectivity index (χ0) is 14.7. The molecule has 1 atom stereocenters. The van der Waals surface area contributed by atoms with Gasteiger partial charge >= 0.3 is 0 Å². The van der Waals surface area contributed by atoms with Gasteiger partial charge in [0, 0.05) is 20.3 Å². The van der Waals surface area contributed by atoms with Crippen LogP contribution in [0.1, 0.15) is 18.7 Å². The summed E-state index contributed by atoms with van der Waals surface area (Å²) in [5, 5.41) is 3.40. The van der Waals surface area contributed by atoms with Gasteiger partial charge in [0.25, 0.3) is 0 Å². The van der Waals surface area contributed by atoms with Crippen molar-refractivity contribution in [2.24, 2.45) is 0 Å². The molecule has 0 saturated heterocycles. The van der Waals surface area contributed by atoms with E-state index in [1.165, 1.54) is 0 Å². The highest BCUT2D eigenvalue weighted by atomic mass is 79.9. The third-order valence-electron chi connectivity index (χ3n) is 2.95. The maximum Gasteiger partial charge on any atom is 0.239 e. The SMILES string of the molecule is COc1nccc(N(C)C)c1NC(C)c1ccc(Br)o1. The third-order valence-corrected chi connectivity index (χ3v) is 3.38. The van der Waals surface area contributed by atoms with Gasteiger partial charge in [0.15, 0.2) is 4.67 Å². The van der Waals surface area contributed by atoms with Gasteiger partial charge in [-0.15, -0.1) is 0 Å². The lowest BCUT2D eigenvalue weighted by Crippen LogP contribution is -2.15. The van der Waals surface area contributed by atoms with Gasteiger partial charge in [0.2, 0.25) is 5.88 Å². The number of methoxy groups -OCH3 is 1. The first-order valence-corrected chi connectivity index (χ1v) is 7.04. The van der Waals surface area contributed by atoms with Gasteiger partial charge in [-0.25, -0.2) is 4.98 Å². The Morgan fingerprint density at radius 3 is 2.65 bits per heavy atom. The summed E-state index contributed by atoms with van der Waals surface area (Å²) in [6.45, 7) is 2.02. The van der Waals surface area contributed by atoms with Crippen LogP contribution in [0, 0.1) is 0 Å². The van der Waals surface area contributed by atoms with Gasteiger partial charge in [-0.1, -0.05) is 0 Å². The average molecular weight is 340 g/mol. The molecule has 1 unspecified atom stereocenters. The largest absolute Gasteiger partial charge is 0.479 e. The van der Waals surface area contributed by atoms with Crippen molar-refractivity contribution in [2.75, 3.05) is 31.4 Å². The molecule has 0 aliphatic rings. The molecule has 2 rings (SSSR count). The van der Waals surface area contributed by atoms with E-state index in [2.05, 4.69) is 26.2 Å². The molecule has 0 amide bonds. The number of furan rings is 1. The van der Waals surface area contributed by atoms with E-state index < -0.39 is 0 Å². The van der Waals surface area contributed by atoms with E-state index in [4.69, 9.17) is 9.15 Å². The molecule has 2 aromatic rings. The molecule has 0 radical (unpaired) electrons. The van der Waals surface area contributed by atoms with E-state index in [1.54, 1.807) is 13.3 Å². The molecule has 0 bridgehead atoms. The van der Waals surface area contributed by atoms with Crippen LogP contribution in [0.15, 0.2) is 33.5 Å². The number of ether oxygens (including phenoxy) is 1. The maximum atomic E-state index is 5.57. The smallest absolute Gasteiger partial charge is 0.239 e. The lowest BCUT2D eigenvalue weighted by atomic mass is 10.2. The van der Waals surface area contributed by atoms with Crippen LogP contribution in [0.2, 0.25) is 0 Å². The van der Waals surface area contributed by atoms with Crippen LogP contribution in [-0.2, 0) is 0 Å². The van der Waals surface area contributed by atoms with Crippen molar-refractivity contribution in [1.29, 1.82) is 0 Å². The molecule has 108 valence electrons. The van der Waals surface area contributed by atoms with E-state index in [-0.39, 0.29) is 6.04 Å². The summed E-state index contributed by atoms with van der Waals surface area (Å²) in [5.41, 5.74) is 1.86. The van der Waals surface area contributed by atoms with Crippen LogP contribution in [0.25, 0.3) is 0 Å². The molecule has 5 nitrogen and oxygen atoms in total. The Balaban J connectivity index is 2.32. The summed E-state index contributed by atoms with van der Waals surface area (Å²) in [6, 6.07) is 5.74. The molecule has 1 N–H and O–H groups in total. The van der Waals surface area contributed by atoms with Crippen molar-refractivity contribution in [3.8, 4) is 5.88 Å². The van der Waals surface area contributed by atoms with E-state index in [0.29, 0.717) is 10.5 Å². The molecule has 0 saturated carbocycles. The lowest BCUT2D eigenvalue weighted by molar-refractivity contribution is 0.398. The Labute approximate surface area is 127 Å². The number of hydrogen-bond acceptors (Lipinski definition) is 5. The van der Waals surface area contributed by atoms with Crippen molar-refractivity contribution in [1.82, 2.24) is 4.98 Å². The van der Waals surface area contributed by atoms with Crippen molar-refractivity contribution in [3.05, 3.63) is 34.8 Å². The maximum absolute atomic E-state index is 5.57. The molecule has 6 heteroatoms. The Morgan fingerprint density at radius 1 is 1.35 bits per heavy atom. The minimum Gasteiger partial charge on any atom is -0.479 e. The summed E-state index contributed by atoms with van der Waals surface area (Å²) >= 11 is 3.31. The molecule has 0 spiro atoms. The standard InChI is InChI=1S/C14H18BrN3O2/c1-9(11-5-6-12(15)20-11)17-13-10(18(2)3)7-8-16-14(13)19-4/h5-9,17H,1-4H3. The summed E-state index contributed by atoms with van der Waals surface area (Å²) in [6.07, 6.45) is 1.73. The number of hydrogen-bond donors (Lipinski definition) is 1. The van der Waals surface area contributed by atoms with E-state index in [0.717, 1.165) is 17.1 Å². The second-order valence-corrected chi connectivity index (χ2v) is 5.40. The molecule has 20 heavy (non-hydrogen) atoms. The Bertz CT molecular complexity index is 584. The van der Waals surface area contributed by atoms with Crippen molar-refractivity contribution in [3.63, 3.8) is 0 Å². The molecule has 2 aromatic heterocycles. The molecule has 0 fully saturated rings. The lowest BCUT2D eigenvalue weighted by Gasteiger charge is -2.22. The Kier molecular flexibility index (Phi) is 4.54. The Hall–Kier alpha value is -1.69. The van der Waals surface area contributed by atoms with Crippen LogP contribution in [-0.4, -0.2) is 26.2 Å². The highest BCUT2D eigenvalue weighted by Crippen LogP contribution is 2.35. The number of halogens is 1. The van der Waals surface area contributed by atoms with Crippen LogP contribution < -0.4 is 15.0 Å². The van der Waals surface area contributed by atoms with E-state index >= 15 is 0 Å². The fraction of sp³-hybridized carbons (Fsp3) is 0.357. The van der Waals surface area contributed by atoms with Crippen LogP contribution in [0.5, 0.6) is 5.88 Å². The molecule has 2 heterocycles. The summed E-state index contributed by atoms with van der Waals surface area (Å²) in [4.78, 5) is 6.25. The first-order chi connectivity index (χ1) is 9.52. The van der Waals surface area contributed by atoms with Crippen molar-refractivity contribution < 1.29 is 9.15 Å². The highest BCUT2D eigenvalue weighted by molar-refractivity contribution is 9.10. The minimum atomic E-state index is -0.00176. The number of rotatable bonds is 5. The fourth-order valence-electron chi connectivity index (χ4n) is 1.94. The highest BCUT2D eigenvalue weighted by Gasteiger charge is 2.17. The fourth-order valence-corrected chi connectivity index (χ4v) is 2.26. The number of anilines is 2. The molecule has 0 aromatic carbocycles. The zero-order valence-corrected chi connectivity index (χ0v) is 13.6. The first kappa shape index (κ1) is 14.7. The van der Waals surface area contributed by atoms with E-state index in [1.807, 2.05) is 44.1 Å². The van der Waals surface area contributed by atoms with Crippen molar-refractivity contribution >= 4 is 27.3 Å². The summed E-state index contributed by atoms with van der Waals surface area (Å²) < 4.78 is 11.6. The second kappa shape index (κ2) is 6.17. The number of nitrogens with one attached hydrogen (secondary N) is 1. The number of aromatic nitrogens is 1. The number of nitrogens with zero attached hydrogens (tertiary/aromatic N) is 2. The third kappa shape index (κ3) is 3.07. The topological polar surface area (TPSA) is 50.5 Å². The average Bonchev–Trinajstić information content (AvgIpc) is 2.85. The zero-order valence-electron chi connectivity index (χ0n) is 12.0. The van der Waals surface area contributed by atoms with Gasteiger partial charge in [0.05, 0.1) is 18.8 Å². The Morgan fingerprint density at radius 2 is 2.10 bits per heavy atom. The molecule has 0 aliphatic heterocycles. The van der Waals surface area contributed by atoms with Gasteiger partial charge in [-0.05, 0) is 41.1 Å². The molecular weight excluding hydrogens is 322 g/mol. The van der Waals surface area contributed by atoms with Gasteiger partial charge in [0.1, 0.15) is 11.4 Å². The van der Waals surface area contributed by atoms with Crippen molar-refractivity contribution in [2.45, 2.75) is 13.0 Å².